The molecule has 3 aromatic rings. The van der Waals surface area contributed by atoms with Gasteiger partial charge in [0.25, 0.3) is 0 Å². The van der Waals surface area contributed by atoms with Gasteiger partial charge in [0.2, 0.25) is 0 Å². The van der Waals surface area contributed by atoms with Crippen LogP contribution in [0, 0.1) is 0 Å². The van der Waals surface area contributed by atoms with Gasteiger partial charge in [0, 0.05) is 28.6 Å². The van der Waals surface area contributed by atoms with Crippen LogP contribution in [0.5, 0.6) is 0 Å². The molecule has 0 unspecified atom stereocenters. The van der Waals surface area contributed by atoms with Gasteiger partial charge in [0.1, 0.15) is 11.3 Å². The normalized spacial score (nSPS) is 23.1. The first-order chi connectivity index (χ1) is 11.4. The third-order valence-corrected chi connectivity index (χ3v) is 5.26. The summed E-state index contributed by atoms with van der Waals surface area (Å²) in [6.07, 6.45) is 2.36. The second-order valence-corrected chi connectivity index (χ2v) is 6.60. The van der Waals surface area contributed by atoms with Crippen LogP contribution in [0.2, 0.25) is 0 Å². The summed E-state index contributed by atoms with van der Waals surface area (Å²) in [7, 11) is 0. The maximum absolute atomic E-state index is 6.15. The fourth-order valence-corrected chi connectivity index (χ4v) is 4.18. The highest BCUT2D eigenvalue weighted by Gasteiger charge is 2.35. The molecule has 0 radical (unpaired) electrons. The van der Waals surface area contributed by atoms with Crippen LogP contribution in [0.4, 0.5) is 5.69 Å². The topological polar surface area (TPSA) is 37.2 Å². The zero-order valence-corrected chi connectivity index (χ0v) is 13.0. The molecule has 2 aromatic carbocycles. The molecule has 1 saturated heterocycles. The Kier molecular flexibility index (Phi) is 2.95. The van der Waals surface area contributed by atoms with Gasteiger partial charge in [-0.2, -0.15) is 0 Å². The molecule has 2 atom stereocenters. The van der Waals surface area contributed by atoms with Crippen molar-refractivity contribution >= 4 is 16.7 Å². The molecule has 3 nitrogen and oxygen atoms in total. The molecule has 0 aliphatic carbocycles. The van der Waals surface area contributed by atoms with Crippen molar-refractivity contribution in [1.82, 2.24) is 5.32 Å². The van der Waals surface area contributed by atoms with Crippen LogP contribution in [0.25, 0.3) is 22.3 Å². The first-order valence-corrected chi connectivity index (χ1v) is 8.49. The number of rotatable bonds is 1. The summed E-state index contributed by atoms with van der Waals surface area (Å²) in [5, 5.41) is 8.43. The Labute approximate surface area is 135 Å². The lowest BCUT2D eigenvalue weighted by atomic mass is 9.87. The smallest absolute Gasteiger partial charge is 0.135 e. The van der Waals surface area contributed by atoms with E-state index in [1.165, 1.54) is 35.0 Å². The first kappa shape index (κ1) is 13.2. The summed E-state index contributed by atoms with van der Waals surface area (Å²) in [6, 6.07) is 17.5. The Bertz CT molecular complexity index is 834. The fraction of sp³-hybridized carbons (Fsp3) is 0.300. The lowest BCUT2D eigenvalue weighted by molar-refractivity contribution is 0.576. The quantitative estimate of drug-likeness (QED) is 0.701. The zero-order valence-electron chi connectivity index (χ0n) is 13.0. The molecule has 0 bridgehead atoms. The summed E-state index contributed by atoms with van der Waals surface area (Å²) >= 11 is 0. The molecule has 3 heterocycles. The van der Waals surface area contributed by atoms with Gasteiger partial charge in [-0.15, -0.1) is 0 Å². The first-order valence-electron chi connectivity index (χ1n) is 8.49. The SMILES string of the molecule is c1cc2c(c(-c3cc4ccccc4o3)c1)[C@@H]1CCNCC[C@@H]1N2. The number of fused-ring (bicyclic) bond motifs is 4. The molecule has 3 heteroatoms. The van der Waals surface area contributed by atoms with E-state index >= 15 is 0 Å². The van der Waals surface area contributed by atoms with E-state index in [4.69, 9.17) is 4.42 Å². The van der Waals surface area contributed by atoms with Crippen LogP contribution in [0.1, 0.15) is 24.3 Å². The van der Waals surface area contributed by atoms with Crippen molar-refractivity contribution < 1.29 is 4.42 Å². The predicted octanol–water partition coefficient (Wildman–Crippen LogP) is 4.36. The number of hydrogen-bond donors (Lipinski definition) is 2. The van der Waals surface area contributed by atoms with E-state index in [0.717, 1.165) is 24.4 Å². The minimum atomic E-state index is 0.547. The third kappa shape index (κ3) is 2.07. The van der Waals surface area contributed by atoms with Crippen LogP contribution in [-0.4, -0.2) is 19.1 Å². The van der Waals surface area contributed by atoms with Gasteiger partial charge >= 0.3 is 0 Å². The zero-order chi connectivity index (χ0) is 15.2. The van der Waals surface area contributed by atoms with E-state index in [1.54, 1.807) is 0 Å². The van der Waals surface area contributed by atoms with E-state index in [-0.39, 0.29) is 0 Å². The third-order valence-electron chi connectivity index (χ3n) is 5.26. The Morgan fingerprint density at radius 3 is 2.83 bits per heavy atom. The second-order valence-electron chi connectivity index (χ2n) is 6.60. The number of anilines is 1. The highest BCUT2D eigenvalue weighted by Crippen LogP contribution is 2.46. The van der Waals surface area contributed by atoms with Crippen molar-refractivity contribution in [3.05, 3.63) is 54.1 Å². The molecule has 2 aliphatic heterocycles. The maximum atomic E-state index is 6.15. The predicted molar refractivity (Wildman–Crippen MR) is 93.9 cm³/mol. The molecular weight excluding hydrogens is 284 g/mol. The number of furan rings is 1. The highest BCUT2D eigenvalue weighted by atomic mass is 16.3. The number of nitrogens with one attached hydrogen (secondary N) is 2. The summed E-state index contributed by atoms with van der Waals surface area (Å²) in [5.74, 6) is 1.56. The van der Waals surface area contributed by atoms with Gasteiger partial charge in [-0.05, 0) is 49.7 Å². The van der Waals surface area contributed by atoms with Gasteiger partial charge in [-0.3, -0.25) is 0 Å². The van der Waals surface area contributed by atoms with Crippen LogP contribution in [0.3, 0.4) is 0 Å². The molecule has 116 valence electrons. The Morgan fingerprint density at radius 1 is 0.957 bits per heavy atom. The van der Waals surface area contributed by atoms with Crippen molar-refractivity contribution in [1.29, 1.82) is 0 Å². The highest BCUT2D eigenvalue weighted by molar-refractivity contribution is 5.85. The molecule has 1 fully saturated rings. The van der Waals surface area contributed by atoms with Crippen molar-refractivity contribution in [3.63, 3.8) is 0 Å². The Hall–Kier alpha value is -2.26. The van der Waals surface area contributed by atoms with Crippen LogP contribution in [-0.2, 0) is 0 Å². The summed E-state index contributed by atoms with van der Waals surface area (Å²) in [4.78, 5) is 0. The minimum Gasteiger partial charge on any atom is -0.456 e. The van der Waals surface area contributed by atoms with Crippen molar-refractivity contribution in [2.24, 2.45) is 0 Å². The molecule has 23 heavy (non-hydrogen) atoms. The second kappa shape index (κ2) is 5.14. The fourth-order valence-electron chi connectivity index (χ4n) is 4.18. The number of para-hydroxylation sites is 1. The molecule has 5 rings (SSSR count). The lowest BCUT2D eigenvalue weighted by Crippen LogP contribution is -2.21. The number of benzene rings is 2. The Balaban J connectivity index is 1.66. The average Bonchev–Trinajstić information content (AvgIpc) is 3.09. The van der Waals surface area contributed by atoms with E-state index in [1.807, 2.05) is 12.1 Å². The lowest BCUT2D eigenvalue weighted by Gasteiger charge is -2.17. The van der Waals surface area contributed by atoms with Crippen LogP contribution < -0.4 is 10.6 Å². The van der Waals surface area contributed by atoms with Gasteiger partial charge in [0.05, 0.1) is 0 Å². The van der Waals surface area contributed by atoms with Gasteiger partial charge in [-0.1, -0.05) is 30.3 Å². The monoisotopic (exact) mass is 304 g/mol. The van der Waals surface area contributed by atoms with Gasteiger partial charge in [0.15, 0.2) is 0 Å². The van der Waals surface area contributed by atoms with Gasteiger partial charge in [-0.25, -0.2) is 0 Å². The average molecular weight is 304 g/mol. The molecule has 2 N–H and O–H groups in total. The minimum absolute atomic E-state index is 0.547. The van der Waals surface area contributed by atoms with Crippen LogP contribution in [0.15, 0.2) is 52.9 Å². The molecule has 0 spiro atoms. The summed E-state index contributed by atoms with van der Waals surface area (Å²) < 4.78 is 6.15. The largest absolute Gasteiger partial charge is 0.456 e. The van der Waals surface area contributed by atoms with E-state index in [0.29, 0.717) is 12.0 Å². The summed E-state index contributed by atoms with van der Waals surface area (Å²) in [5.41, 5.74) is 4.95. The molecule has 0 amide bonds. The molecule has 1 aromatic heterocycles. The standard InChI is InChI=1S/C20H20N2O/c1-2-7-18-13(4-1)12-19(23-18)15-5-3-6-17-20(15)14-8-10-21-11-9-16(14)22-17/h1-7,12,14,16,21-22H,8-11H2/t14-,16+/m1/s1. The molecular formula is C20H20N2O. The van der Waals surface area contributed by atoms with Crippen LogP contribution >= 0.6 is 0 Å². The number of hydrogen-bond acceptors (Lipinski definition) is 3. The maximum Gasteiger partial charge on any atom is 0.135 e. The van der Waals surface area contributed by atoms with Gasteiger partial charge < -0.3 is 15.1 Å². The Morgan fingerprint density at radius 2 is 1.87 bits per heavy atom. The van der Waals surface area contributed by atoms with E-state index < -0.39 is 0 Å². The molecule has 0 saturated carbocycles. The van der Waals surface area contributed by atoms with E-state index in [2.05, 4.69) is 47.0 Å². The summed E-state index contributed by atoms with van der Waals surface area (Å²) in [6.45, 7) is 2.19. The van der Waals surface area contributed by atoms with Crippen molar-refractivity contribution in [2.45, 2.75) is 24.8 Å². The molecule has 2 aliphatic rings. The van der Waals surface area contributed by atoms with E-state index in [9.17, 15) is 0 Å². The van der Waals surface area contributed by atoms with Crippen molar-refractivity contribution in [2.75, 3.05) is 18.4 Å². The van der Waals surface area contributed by atoms with Crippen molar-refractivity contribution in [3.8, 4) is 11.3 Å².